The third-order valence-corrected chi connectivity index (χ3v) is 4.80. The first-order valence-electron chi connectivity index (χ1n) is 9.21. The van der Waals surface area contributed by atoms with Crippen LogP contribution in [0, 0.1) is 11.6 Å². The van der Waals surface area contributed by atoms with Crippen molar-refractivity contribution in [2.45, 2.75) is 32.1 Å². The second-order valence-corrected chi connectivity index (χ2v) is 6.67. The van der Waals surface area contributed by atoms with Gasteiger partial charge in [0.25, 0.3) is 5.91 Å². The highest BCUT2D eigenvalue weighted by Gasteiger charge is 2.16. The summed E-state index contributed by atoms with van der Waals surface area (Å²) >= 11 is 0. The van der Waals surface area contributed by atoms with Gasteiger partial charge in [-0.3, -0.25) is 4.79 Å². The summed E-state index contributed by atoms with van der Waals surface area (Å²) in [5.74, 6) is -2.41. The van der Waals surface area contributed by atoms with Crippen LogP contribution in [0.4, 0.5) is 14.5 Å². The minimum atomic E-state index is -0.843. The van der Waals surface area contributed by atoms with Crippen LogP contribution in [-0.2, 0) is 6.42 Å². The quantitative estimate of drug-likeness (QED) is 0.863. The Morgan fingerprint density at radius 2 is 1.54 bits per heavy atom. The number of halogens is 2. The Hall–Kier alpha value is -2.43. The summed E-state index contributed by atoms with van der Waals surface area (Å²) in [7, 11) is 0. The van der Waals surface area contributed by atoms with Gasteiger partial charge < -0.3 is 10.2 Å². The number of nitrogens with one attached hydrogen (secondary N) is 1. The molecule has 1 saturated heterocycles. The van der Waals surface area contributed by atoms with Gasteiger partial charge in [-0.1, -0.05) is 31.0 Å². The van der Waals surface area contributed by atoms with Crippen LogP contribution in [0.2, 0.25) is 0 Å². The molecule has 2 aromatic rings. The summed E-state index contributed by atoms with van der Waals surface area (Å²) < 4.78 is 27.2. The molecule has 0 bridgehead atoms. The van der Waals surface area contributed by atoms with E-state index in [1.54, 1.807) is 0 Å². The average Bonchev–Trinajstić information content (AvgIpc) is 2.92. The first-order valence-corrected chi connectivity index (χ1v) is 9.21. The SMILES string of the molecule is O=C(NCCc1ccc(N2CCCCCC2)cc1)c1c(F)cccc1F. The molecule has 3 rings (SSSR count). The van der Waals surface area contributed by atoms with E-state index in [1.807, 2.05) is 0 Å². The molecule has 0 aromatic heterocycles. The Balaban J connectivity index is 1.53. The molecule has 1 N–H and O–H groups in total. The van der Waals surface area contributed by atoms with Gasteiger partial charge in [-0.2, -0.15) is 0 Å². The molecule has 0 saturated carbocycles. The normalized spacial score (nSPS) is 14.8. The van der Waals surface area contributed by atoms with Gasteiger partial charge in [0.05, 0.1) is 0 Å². The molecular weight excluding hydrogens is 334 g/mol. The largest absolute Gasteiger partial charge is 0.372 e. The van der Waals surface area contributed by atoms with Gasteiger partial charge >= 0.3 is 0 Å². The van der Waals surface area contributed by atoms with E-state index in [0.29, 0.717) is 13.0 Å². The summed E-state index contributed by atoms with van der Waals surface area (Å²) in [5, 5.41) is 2.59. The first-order chi connectivity index (χ1) is 12.6. The number of carbonyl (C=O) groups is 1. The molecule has 138 valence electrons. The number of hydrogen-bond acceptors (Lipinski definition) is 2. The Morgan fingerprint density at radius 1 is 0.923 bits per heavy atom. The molecule has 0 unspecified atom stereocenters. The number of rotatable bonds is 5. The van der Waals surface area contributed by atoms with Crippen LogP contribution in [0.3, 0.4) is 0 Å². The lowest BCUT2D eigenvalue weighted by atomic mass is 10.1. The zero-order chi connectivity index (χ0) is 18.4. The van der Waals surface area contributed by atoms with E-state index in [-0.39, 0.29) is 0 Å². The number of nitrogens with zero attached hydrogens (tertiary/aromatic N) is 1. The van der Waals surface area contributed by atoms with Crippen molar-refractivity contribution < 1.29 is 13.6 Å². The predicted octanol–water partition coefficient (Wildman–Crippen LogP) is 4.32. The van der Waals surface area contributed by atoms with Crippen LogP contribution in [0.25, 0.3) is 0 Å². The number of benzene rings is 2. The fourth-order valence-electron chi connectivity index (χ4n) is 3.33. The van der Waals surface area contributed by atoms with Gasteiger partial charge in [0.15, 0.2) is 0 Å². The molecule has 2 aromatic carbocycles. The van der Waals surface area contributed by atoms with Crippen molar-refractivity contribution in [3.63, 3.8) is 0 Å². The average molecular weight is 358 g/mol. The van der Waals surface area contributed by atoms with Crippen molar-refractivity contribution in [3.8, 4) is 0 Å². The highest BCUT2D eigenvalue weighted by atomic mass is 19.1. The monoisotopic (exact) mass is 358 g/mol. The van der Waals surface area contributed by atoms with Crippen molar-refractivity contribution in [2.24, 2.45) is 0 Å². The Morgan fingerprint density at radius 3 is 2.15 bits per heavy atom. The summed E-state index contributed by atoms with van der Waals surface area (Å²) in [6.07, 6.45) is 5.69. The lowest BCUT2D eigenvalue weighted by Gasteiger charge is -2.22. The summed E-state index contributed by atoms with van der Waals surface area (Å²) in [6.45, 7) is 2.53. The van der Waals surface area contributed by atoms with E-state index >= 15 is 0 Å². The zero-order valence-corrected chi connectivity index (χ0v) is 14.8. The van der Waals surface area contributed by atoms with E-state index in [4.69, 9.17) is 0 Å². The van der Waals surface area contributed by atoms with Crippen LogP contribution < -0.4 is 10.2 Å². The van der Waals surface area contributed by atoms with Crippen LogP contribution in [0.1, 0.15) is 41.6 Å². The van der Waals surface area contributed by atoms with Crippen LogP contribution in [0.15, 0.2) is 42.5 Å². The molecule has 1 heterocycles. The molecule has 0 atom stereocenters. The molecule has 0 radical (unpaired) electrons. The van der Waals surface area contributed by atoms with E-state index < -0.39 is 23.1 Å². The standard InChI is InChI=1S/C21H24F2N2O/c22-18-6-5-7-19(23)20(18)21(26)24-13-12-16-8-10-17(11-9-16)25-14-3-1-2-4-15-25/h5-11H,1-4,12-15H2,(H,24,26). The van der Waals surface area contributed by atoms with Gasteiger partial charge in [0, 0.05) is 25.3 Å². The second-order valence-electron chi connectivity index (χ2n) is 6.67. The van der Waals surface area contributed by atoms with Gasteiger partial charge in [0.2, 0.25) is 0 Å². The number of anilines is 1. The highest BCUT2D eigenvalue weighted by molar-refractivity contribution is 5.94. The maximum absolute atomic E-state index is 13.6. The number of hydrogen-bond donors (Lipinski definition) is 1. The van der Waals surface area contributed by atoms with Gasteiger partial charge in [-0.05, 0) is 49.1 Å². The fraction of sp³-hybridized carbons (Fsp3) is 0.381. The van der Waals surface area contributed by atoms with Crippen molar-refractivity contribution in [1.29, 1.82) is 0 Å². The third-order valence-electron chi connectivity index (χ3n) is 4.80. The summed E-state index contributed by atoms with van der Waals surface area (Å²) in [6, 6.07) is 11.7. The molecular formula is C21H24F2N2O. The van der Waals surface area contributed by atoms with Crippen LogP contribution in [0.5, 0.6) is 0 Å². The minimum absolute atomic E-state index is 0.329. The predicted molar refractivity (Wildman–Crippen MR) is 99.5 cm³/mol. The van der Waals surface area contributed by atoms with Crippen molar-refractivity contribution in [3.05, 3.63) is 65.2 Å². The topological polar surface area (TPSA) is 32.3 Å². The van der Waals surface area contributed by atoms with Crippen LogP contribution in [-0.4, -0.2) is 25.5 Å². The van der Waals surface area contributed by atoms with Crippen LogP contribution >= 0.6 is 0 Å². The van der Waals surface area contributed by atoms with Gasteiger partial charge in [0.1, 0.15) is 17.2 Å². The highest BCUT2D eigenvalue weighted by Crippen LogP contribution is 2.20. The molecule has 26 heavy (non-hydrogen) atoms. The smallest absolute Gasteiger partial charge is 0.257 e. The summed E-state index contributed by atoms with van der Waals surface area (Å²) in [4.78, 5) is 14.4. The zero-order valence-electron chi connectivity index (χ0n) is 14.8. The second kappa shape index (κ2) is 8.79. The van der Waals surface area contributed by atoms with Crippen molar-refractivity contribution in [2.75, 3.05) is 24.5 Å². The van der Waals surface area contributed by atoms with E-state index in [2.05, 4.69) is 34.5 Å². The molecule has 1 fully saturated rings. The maximum Gasteiger partial charge on any atom is 0.257 e. The molecule has 0 aliphatic carbocycles. The Bertz CT molecular complexity index is 718. The van der Waals surface area contributed by atoms with E-state index in [1.165, 1.54) is 37.4 Å². The van der Waals surface area contributed by atoms with Crippen molar-refractivity contribution >= 4 is 11.6 Å². The fourth-order valence-corrected chi connectivity index (χ4v) is 3.33. The van der Waals surface area contributed by atoms with Crippen molar-refractivity contribution in [1.82, 2.24) is 5.32 Å². The summed E-state index contributed by atoms with van der Waals surface area (Å²) in [5.41, 5.74) is 1.79. The maximum atomic E-state index is 13.6. The molecule has 3 nitrogen and oxygen atoms in total. The van der Waals surface area contributed by atoms with Gasteiger partial charge in [-0.25, -0.2) is 8.78 Å². The lowest BCUT2D eigenvalue weighted by molar-refractivity contribution is 0.0945. The third kappa shape index (κ3) is 4.59. The molecule has 1 amide bonds. The minimum Gasteiger partial charge on any atom is -0.372 e. The lowest BCUT2D eigenvalue weighted by Crippen LogP contribution is -2.27. The number of carbonyl (C=O) groups excluding carboxylic acids is 1. The van der Waals surface area contributed by atoms with E-state index in [0.717, 1.165) is 30.8 Å². The molecule has 5 heteroatoms. The number of amides is 1. The molecule has 1 aliphatic heterocycles. The molecule has 1 aliphatic rings. The van der Waals surface area contributed by atoms with Gasteiger partial charge in [-0.15, -0.1) is 0 Å². The molecule has 0 spiro atoms. The van der Waals surface area contributed by atoms with E-state index in [9.17, 15) is 13.6 Å². The first kappa shape index (κ1) is 18.4. The Kier molecular flexibility index (Phi) is 6.21. The Labute approximate surface area is 153 Å².